The van der Waals surface area contributed by atoms with E-state index in [1.165, 1.54) is 12.1 Å². The molecule has 1 atom stereocenters. The lowest BCUT2D eigenvalue weighted by Crippen LogP contribution is -2.10. The van der Waals surface area contributed by atoms with Crippen molar-refractivity contribution in [1.29, 1.82) is 0 Å². The zero-order valence-electron chi connectivity index (χ0n) is 9.76. The summed E-state index contributed by atoms with van der Waals surface area (Å²) in [5, 5.41) is 0. The van der Waals surface area contributed by atoms with Crippen LogP contribution in [-0.4, -0.2) is 13.2 Å². The second-order valence-corrected chi connectivity index (χ2v) is 3.88. The zero-order valence-corrected chi connectivity index (χ0v) is 9.76. The number of alkyl halides is 3. The molecule has 95 valence electrons. The van der Waals surface area contributed by atoms with E-state index in [0.29, 0.717) is 24.8 Å². The monoisotopic (exact) mass is 245 g/mol. The maximum absolute atomic E-state index is 12.5. The SMILES string of the molecule is [CH2]CC(CCc1cccc(C(F)(F)F)c1)OC. The number of benzene rings is 1. The van der Waals surface area contributed by atoms with Gasteiger partial charge in [-0.15, -0.1) is 0 Å². The van der Waals surface area contributed by atoms with E-state index in [-0.39, 0.29) is 6.10 Å². The summed E-state index contributed by atoms with van der Waals surface area (Å²) in [7, 11) is 1.59. The molecule has 0 saturated heterocycles. The minimum Gasteiger partial charge on any atom is -0.381 e. The van der Waals surface area contributed by atoms with E-state index in [9.17, 15) is 13.2 Å². The van der Waals surface area contributed by atoms with Crippen molar-refractivity contribution in [2.24, 2.45) is 0 Å². The lowest BCUT2D eigenvalue weighted by atomic mass is 10.0. The molecule has 17 heavy (non-hydrogen) atoms. The van der Waals surface area contributed by atoms with Crippen LogP contribution in [0.1, 0.15) is 24.0 Å². The van der Waals surface area contributed by atoms with Gasteiger partial charge in [0.15, 0.2) is 0 Å². The molecule has 0 aliphatic heterocycles. The summed E-state index contributed by atoms with van der Waals surface area (Å²) >= 11 is 0. The van der Waals surface area contributed by atoms with Crippen LogP contribution in [0.3, 0.4) is 0 Å². The predicted octanol–water partition coefficient (Wildman–Crippen LogP) is 3.88. The fraction of sp³-hybridized carbons (Fsp3) is 0.462. The molecular formula is C13H16F3O. The molecule has 0 bridgehead atoms. The van der Waals surface area contributed by atoms with Gasteiger partial charge in [0, 0.05) is 7.11 Å². The van der Waals surface area contributed by atoms with Gasteiger partial charge in [-0.05, 0) is 30.9 Å². The van der Waals surface area contributed by atoms with Gasteiger partial charge in [0.1, 0.15) is 0 Å². The summed E-state index contributed by atoms with van der Waals surface area (Å²) in [6, 6.07) is 5.41. The number of aryl methyl sites for hydroxylation is 1. The average molecular weight is 245 g/mol. The van der Waals surface area contributed by atoms with Crippen molar-refractivity contribution in [2.75, 3.05) is 7.11 Å². The number of methoxy groups -OCH3 is 1. The largest absolute Gasteiger partial charge is 0.416 e. The first-order valence-electron chi connectivity index (χ1n) is 5.45. The van der Waals surface area contributed by atoms with E-state index in [0.717, 1.165) is 6.07 Å². The van der Waals surface area contributed by atoms with Crippen LogP contribution in [0.2, 0.25) is 0 Å². The van der Waals surface area contributed by atoms with Crippen molar-refractivity contribution in [2.45, 2.75) is 31.5 Å². The van der Waals surface area contributed by atoms with Gasteiger partial charge >= 0.3 is 6.18 Å². The standard InChI is InChI=1S/C13H16F3O/c1-3-12(17-2)8-7-10-5-4-6-11(9-10)13(14,15)16/h4-6,9,12H,1,3,7-8H2,2H3. The highest BCUT2D eigenvalue weighted by Crippen LogP contribution is 2.29. The van der Waals surface area contributed by atoms with Crippen molar-refractivity contribution >= 4 is 0 Å². The van der Waals surface area contributed by atoms with Crippen molar-refractivity contribution in [3.05, 3.63) is 42.3 Å². The minimum absolute atomic E-state index is 0.00421. The fourth-order valence-electron chi connectivity index (χ4n) is 1.61. The van der Waals surface area contributed by atoms with E-state index >= 15 is 0 Å². The van der Waals surface area contributed by atoms with E-state index in [1.54, 1.807) is 13.2 Å². The Balaban J connectivity index is 2.66. The molecule has 0 aromatic heterocycles. The third-order valence-electron chi connectivity index (χ3n) is 2.66. The smallest absolute Gasteiger partial charge is 0.381 e. The van der Waals surface area contributed by atoms with Crippen LogP contribution >= 0.6 is 0 Å². The maximum Gasteiger partial charge on any atom is 0.416 e. The Morgan fingerprint density at radius 3 is 2.59 bits per heavy atom. The molecule has 1 nitrogen and oxygen atoms in total. The van der Waals surface area contributed by atoms with Gasteiger partial charge in [0.2, 0.25) is 0 Å². The van der Waals surface area contributed by atoms with Crippen LogP contribution in [0.5, 0.6) is 0 Å². The van der Waals surface area contributed by atoms with Crippen molar-refractivity contribution in [1.82, 2.24) is 0 Å². The molecule has 1 unspecified atom stereocenters. The first-order valence-corrected chi connectivity index (χ1v) is 5.45. The second kappa shape index (κ2) is 6.05. The minimum atomic E-state index is -4.27. The molecule has 4 heteroatoms. The molecule has 0 spiro atoms. The normalized spacial score (nSPS) is 13.7. The van der Waals surface area contributed by atoms with E-state index in [1.807, 2.05) is 0 Å². The Morgan fingerprint density at radius 1 is 1.35 bits per heavy atom. The summed E-state index contributed by atoms with van der Waals surface area (Å²) in [6.45, 7) is 3.72. The van der Waals surface area contributed by atoms with Crippen molar-refractivity contribution in [3.8, 4) is 0 Å². The first kappa shape index (κ1) is 14.0. The fourth-order valence-corrected chi connectivity index (χ4v) is 1.61. The summed E-state index contributed by atoms with van der Waals surface area (Å²) < 4.78 is 42.5. The molecule has 0 aliphatic rings. The number of hydrogen-bond acceptors (Lipinski definition) is 1. The van der Waals surface area contributed by atoms with Crippen molar-refractivity contribution < 1.29 is 17.9 Å². The van der Waals surface area contributed by atoms with Gasteiger partial charge < -0.3 is 4.74 Å². The van der Waals surface area contributed by atoms with Gasteiger partial charge in [-0.1, -0.05) is 25.1 Å². The zero-order chi connectivity index (χ0) is 12.9. The summed E-state index contributed by atoms with van der Waals surface area (Å²) in [6.07, 6.45) is -2.40. The number of ether oxygens (including phenoxy) is 1. The molecule has 0 aliphatic carbocycles. The first-order chi connectivity index (χ1) is 7.97. The molecule has 1 radical (unpaired) electrons. The topological polar surface area (TPSA) is 9.23 Å². The number of rotatable bonds is 5. The summed E-state index contributed by atoms with van der Waals surface area (Å²) in [5.74, 6) is 0. The highest BCUT2D eigenvalue weighted by molar-refractivity contribution is 5.25. The molecular weight excluding hydrogens is 229 g/mol. The van der Waals surface area contributed by atoms with Crippen LogP contribution in [0, 0.1) is 6.92 Å². The van der Waals surface area contributed by atoms with Crippen LogP contribution in [0.15, 0.2) is 24.3 Å². The Labute approximate surface area is 99.6 Å². The van der Waals surface area contributed by atoms with Gasteiger partial charge in [0.25, 0.3) is 0 Å². The highest BCUT2D eigenvalue weighted by Gasteiger charge is 2.30. The second-order valence-electron chi connectivity index (χ2n) is 3.88. The van der Waals surface area contributed by atoms with Crippen LogP contribution in [0.25, 0.3) is 0 Å². The molecule has 0 amide bonds. The molecule has 0 saturated carbocycles. The molecule has 0 N–H and O–H groups in total. The third kappa shape index (κ3) is 4.38. The van der Waals surface area contributed by atoms with Gasteiger partial charge in [-0.25, -0.2) is 0 Å². The van der Waals surface area contributed by atoms with Crippen molar-refractivity contribution in [3.63, 3.8) is 0 Å². The molecule has 1 aromatic carbocycles. The summed E-state index contributed by atoms with van der Waals surface area (Å²) in [4.78, 5) is 0. The Bertz CT molecular complexity index is 343. The van der Waals surface area contributed by atoms with Gasteiger partial charge in [-0.3, -0.25) is 0 Å². The molecule has 1 rings (SSSR count). The van der Waals surface area contributed by atoms with E-state index in [4.69, 9.17) is 4.74 Å². The lowest BCUT2D eigenvalue weighted by Gasteiger charge is -2.13. The third-order valence-corrected chi connectivity index (χ3v) is 2.66. The average Bonchev–Trinajstić information content (AvgIpc) is 2.30. The van der Waals surface area contributed by atoms with Gasteiger partial charge in [-0.2, -0.15) is 13.2 Å². The van der Waals surface area contributed by atoms with Crippen LogP contribution < -0.4 is 0 Å². The number of hydrogen-bond donors (Lipinski definition) is 0. The van der Waals surface area contributed by atoms with E-state index < -0.39 is 11.7 Å². The predicted molar refractivity (Wildman–Crippen MR) is 60.5 cm³/mol. The Morgan fingerprint density at radius 2 is 2.06 bits per heavy atom. The van der Waals surface area contributed by atoms with E-state index in [2.05, 4.69) is 6.92 Å². The molecule has 0 heterocycles. The Hall–Kier alpha value is -1.03. The number of halogens is 3. The molecule has 1 aromatic rings. The van der Waals surface area contributed by atoms with Crippen LogP contribution in [-0.2, 0) is 17.3 Å². The van der Waals surface area contributed by atoms with Crippen LogP contribution in [0.4, 0.5) is 13.2 Å². The quantitative estimate of drug-likeness (QED) is 0.765. The highest BCUT2D eigenvalue weighted by atomic mass is 19.4. The maximum atomic E-state index is 12.5. The lowest BCUT2D eigenvalue weighted by molar-refractivity contribution is -0.137. The Kier molecular flexibility index (Phi) is 5.00. The van der Waals surface area contributed by atoms with Gasteiger partial charge in [0.05, 0.1) is 11.7 Å². The summed E-state index contributed by atoms with van der Waals surface area (Å²) in [5.41, 5.74) is 0.0777. The molecule has 0 fully saturated rings.